The monoisotopic (exact) mass is 664 g/mol. The molecule has 45 heavy (non-hydrogen) atoms. The van der Waals surface area contributed by atoms with Crippen molar-refractivity contribution in [2.75, 3.05) is 26.6 Å². The summed E-state index contributed by atoms with van der Waals surface area (Å²) in [5, 5.41) is 0. The Kier molecular flexibility index (Phi) is 9.18. The standard InChI is InChI=1S/C31H30N5O6PS2/c1-38-22-12-8-20(9-13-22)31(19-6-4-3-5-7-19,21-10-14-23(39-2)15-11-21)40-17-25-24(42-43(44)45)16-26(41-25)36-18-33-27-28(36)34-30(32)35-29(27)37/h3-15,18,24-26H,16-17H2,1-2H3,(H3-,32,34,35,37,44,45)/p+1/t24-,25+,26+/m0/s1. The summed E-state index contributed by atoms with van der Waals surface area (Å²) < 4.78 is 32.3. The van der Waals surface area contributed by atoms with Crippen molar-refractivity contribution in [2.24, 2.45) is 0 Å². The van der Waals surface area contributed by atoms with Gasteiger partial charge in [-0.05, 0) is 41.0 Å². The first-order valence-electron chi connectivity index (χ1n) is 14.0. The molecule has 5 aromatic rings. The topological polar surface area (TPSA) is 136 Å². The summed E-state index contributed by atoms with van der Waals surface area (Å²) in [5.41, 5.74) is 7.49. The Labute approximate surface area is 270 Å². The SMILES string of the molecule is COc1ccc(C(OC[C@H]2O[C@@H](n3cnc4c(=O)[nH]c(N)nc43)C[C@@H]2O[P+](=S)S)(c2ccccc2)c2ccc(OC)cc2)cc1. The second-order valence-corrected chi connectivity index (χ2v) is 13.9. The molecule has 4 atom stereocenters. The third-order valence-electron chi connectivity index (χ3n) is 7.80. The van der Waals surface area contributed by atoms with Gasteiger partial charge in [-0.3, -0.25) is 14.3 Å². The number of aromatic nitrogens is 4. The number of methoxy groups -OCH3 is 2. The lowest BCUT2D eigenvalue weighted by atomic mass is 9.80. The van der Waals surface area contributed by atoms with E-state index in [1.165, 1.54) is 6.33 Å². The molecule has 11 nitrogen and oxygen atoms in total. The molecule has 3 aromatic carbocycles. The minimum atomic E-state index is -1.44. The Morgan fingerprint density at radius 2 is 1.62 bits per heavy atom. The lowest BCUT2D eigenvalue weighted by molar-refractivity contribution is -0.0890. The summed E-state index contributed by atoms with van der Waals surface area (Å²) in [4.78, 5) is 23.4. The molecule has 1 aliphatic rings. The van der Waals surface area contributed by atoms with Gasteiger partial charge in [0, 0.05) is 6.42 Å². The molecular formula is C31H31N5O6PS2+. The number of nitrogens with zero attached hydrogens (tertiary/aromatic N) is 3. The molecule has 14 heteroatoms. The van der Waals surface area contributed by atoms with Crippen LogP contribution in [0.4, 0.5) is 5.95 Å². The zero-order valence-electron chi connectivity index (χ0n) is 24.4. The number of fused-ring (bicyclic) bond motifs is 1. The highest BCUT2D eigenvalue weighted by atomic mass is 32.9. The zero-order valence-corrected chi connectivity index (χ0v) is 27.0. The zero-order chi connectivity index (χ0) is 31.6. The van der Waals surface area contributed by atoms with E-state index in [0.29, 0.717) is 12.1 Å². The van der Waals surface area contributed by atoms with Crippen LogP contribution in [-0.4, -0.2) is 52.6 Å². The molecule has 1 unspecified atom stereocenters. The number of nitrogens with one attached hydrogen (secondary N) is 1. The van der Waals surface area contributed by atoms with Gasteiger partial charge in [0.25, 0.3) is 5.56 Å². The largest absolute Gasteiger partial charge is 0.497 e. The van der Waals surface area contributed by atoms with E-state index in [0.717, 1.165) is 28.2 Å². The highest BCUT2D eigenvalue weighted by molar-refractivity contribution is 8.54. The van der Waals surface area contributed by atoms with Crippen molar-refractivity contribution in [1.29, 1.82) is 0 Å². The minimum absolute atomic E-state index is 0.0176. The lowest BCUT2D eigenvalue weighted by Gasteiger charge is -2.37. The first-order valence-corrected chi connectivity index (χ1v) is 17.4. The average molecular weight is 665 g/mol. The normalized spacial score (nSPS) is 18.6. The van der Waals surface area contributed by atoms with E-state index in [9.17, 15) is 4.79 Å². The van der Waals surface area contributed by atoms with Gasteiger partial charge in [-0.1, -0.05) is 54.6 Å². The van der Waals surface area contributed by atoms with Crippen LogP contribution in [0.3, 0.4) is 0 Å². The van der Waals surface area contributed by atoms with E-state index in [1.807, 2.05) is 78.9 Å². The maximum atomic E-state index is 12.4. The van der Waals surface area contributed by atoms with Crippen LogP contribution in [0.1, 0.15) is 29.3 Å². The molecule has 0 saturated carbocycles. The molecule has 3 N–H and O–H groups in total. The number of H-pyrrole nitrogens is 1. The van der Waals surface area contributed by atoms with E-state index >= 15 is 0 Å². The highest BCUT2D eigenvalue weighted by Crippen LogP contribution is 2.44. The van der Waals surface area contributed by atoms with Gasteiger partial charge < -0.3 is 24.7 Å². The van der Waals surface area contributed by atoms with Crippen LogP contribution in [-0.2, 0) is 31.4 Å². The summed E-state index contributed by atoms with van der Waals surface area (Å²) in [6.07, 6.45) is -1.14. The Hall–Kier alpha value is -3.84. The fraction of sp³-hybridized carbons (Fsp3) is 0.258. The molecule has 0 bridgehead atoms. The van der Waals surface area contributed by atoms with E-state index in [-0.39, 0.29) is 18.1 Å². The predicted octanol–water partition coefficient (Wildman–Crippen LogP) is 5.10. The lowest BCUT2D eigenvalue weighted by Crippen LogP contribution is -2.38. The summed E-state index contributed by atoms with van der Waals surface area (Å²) in [5.74, 6) is 1.43. The minimum Gasteiger partial charge on any atom is -0.497 e. The maximum Gasteiger partial charge on any atom is 0.411 e. The first kappa shape index (κ1) is 31.2. The summed E-state index contributed by atoms with van der Waals surface area (Å²) in [6, 6.07) is 25.6. The number of imidazole rings is 1. The van der Waals surface area contributed by atoms with Gasteiger partial charge in [0.2, 0.25) is 17.8 Å². The average Bonchev–Trinajstić information content (AvgIpc) is 3.66. The molecule has 0 aliphatic carbocycles. The summed E-state index contributed by atoms with van der Waals surface area (Å²) in [6.45, 7) is 0.114. The molecule has 232 valence electrons. The van der Waals surface area contributed by atoms with Crippen LogP contribution in [0.15, 0.2) is 90.0 Å². The highest BCUT2D eigenvalue weighted by Gasteiger charge is 2.45. The Morgan fingerprint density at radius 1 is 1.02 bits per heavy atom. The number of anilines is 1. The van der Waals surface area contributed by atoms with Gasteiger partial charge in [-0.25, -0.2) is 4.98 Å². The van der Waals surface area contributed by atoms with Crippen molar-refractivity contribution in [3.05, 3.63) is 112 Å². The second kappa shape index (κ2) is 13.3. The van der Waals surface area contributed by atoms with Crippen LogP contribution >= 0.6 is 18.4 Å². The molecular weight excluding hydrogens is 633 g/mol. The Balaban J connectivity index is 1.41. The third-order valence-corrected chi connectivity index (χ3v) is 8.80. The molecule has 0 amide bonds. The van der Waals surface area contributed by atoms with Crippen molar-refractivity contribution in [1.82, 2.24) is 19.5 Å². The van der Waals surface area contributed by atoms with Crippen LogP contribution in [0, 0.1) is 0 Å². The molecule has 1 fully saturated rings. The van der Waals surface area contributed by atoms with E-state index in [4.69, 9.17) is 41.0 Å². The number of benzene rings is 3. The Bertz CT molecular complexity index is 1810. The smallest absolute Gasteiger partial charge is 0.411 e. The van der Waals surface area contributed by atoms with Crippen LogP contribution in [0.2, 0.25) is 0 Å². The van der Waals surface area contributed by atoms with E-state index < -0.39 is 35.7 Å². The number of nitrogens with two attached hydrogens (primary N) is 1. The third kappa shape index (κ3) is 6.19. The quantitative estimate of drug-likeness (QED) is 0.0994. The number of nitrogen functional groups attached to an aromatic ring is 1. The predicted molar refractivity (Wildman–Crippen MR) is 177 cm³/mol. The van der Waals surface area contributed by atoms with Crippen molar-refractivity contribution >= 4 is 47.3 Å². The van der Waals surface area contributed by atoms with Crippen molar-refractivity contribution in [3.8, 4) is 11.5 Å². The summed E-state index contributed by atoms with van der Waals surface area (Å²) >= 11 is 9.73. The van der Waals surface area contributed by atoms with Crippen molar-refractivity contribution < 1.29 is 23.5 Å². The van der Waals surface area contributed by atoms with E-state index in [1.54, 1.807) is 18.8 Å². The first-order chi connectivity index (χ1) is 21.8. The second-order valence-electron chi connectivity index (χ2n) is 10.3. The number of rotatable bonds is 11. The van der Waals surface area contributed by atoms with Gasteiger partial charge in [0.05, 0.1) is 27.2 Å². The summed E-state index contributed by atoms with van der Waals surface area (Å²) in [7, 11) is 3.26. The number of ether oxygens (including phenoxy) is 4. The van der Waals surface area contributed by atoms with Gasteiger partial charge in [-0.15, -0.1) is 0 Å². The molecule has 3 heterocycles. The number of thiol groups is 1. The molecule has 0 radical (unpaired) electrons. The number of hydrogen-bond acceptors (Lipinski definition) is 10. The van der Waals surface area contributed by atoms with Crippen LogP contribution in [0.5, 0.6) is 11.5 Å². The molecule has 1 saturated heterocycles. The molecule has 6 rings (SSSR count). The maximum absolute atomic E-state index is 12.4. The molecule has 1 aliphatic heterocycles. The number of hydrogen-bond donors (Lipinski definition) is 3. The Morgan fingerprint density at radius 3 is 2.20 bits per heavy atom. The van der Waals surface area contributed by atoms with Gasteiger partial charge in [0.15, 0.2) is 11.2 Å². The van der Waals surface area contributed by atoms with Gasteiger partial charge >= 0.3 is 6.13 Å². The fourth-order valence-corrected chi connectivity index (χ4v) is 6.83. The van der Waals surface area contributed by atoms with Crippen LogP contribution in [0.25, 0.3) is 11.2 Å². The molecule has 2 aromatic heterocycles. The van der Waals surface area contributed by atoms with Gasteiger partial charge in [-0.2, -0.15) is 9.51 Å². The van der Waals surface area contributed by atoms with Gasteiger partial charge in [0.1, 0.15) is 47.8 Å². The fourth-order valence-electron chi connectivity index (χ4n) is 5.68. The van der Waals surface area contributed by atoms with Crippen molar-refractivity contribution in [2.45, 2.75) is 30.5 Å². The number of aromatic amines is 1. The van der Waals surface area contributed by atoms with Crippen LogP contribution < -0.4 is 20.8 Å². The van der Waals surface area contributed by atoms with Crippen molar-refractivity contribution in [3.63, 3.8) is 0 Å². The van der Waals surface area contributed by atoms with E-state index in [2.05, 4.69) is 27.2 Å². The molecule has 0 spiro atoms.